The number of nitrogens with one attached hydrogen (secondary N) is 2. The molecular formula is C19H19F3N2O4. The molecular weight excluding hydrogens is 377 g/mol. The van der Waals surface area contributed by atoms with E-state index in [0.29, 0.717) is 11.5 Å². The van der Waals surface area contributed by atoms with Crippen LogP contribution in [0.1, 0.15) is 26.3 Å². The van der Waals surface area contributed by atoms with Crippen LogP contribution in [0.25, 0.3) is 0 Å². The molecule has 0 aliphatic carbocycles. The second-order valence-electron chi connectivity index (χ2n) is 5.62. The third-order valence-corrected chi connectivity index (χ3v) is 3.83. The SMILES string of the molecule is COc1cccc(OC)c1C(=O)NCCNC(=O)c1ccc(C(F)(F)F)cc1. The maximum absolute atomic E-state index is 12.5. The zero-order valence-corrected chi connectivity index (χ0v) is 15.2. The maximum atomic E-state index is 12.5. The van der Waals surface area contributed by atoms with Crippen molar-refractivity contribution in [3.63, 3.8) is 0 Å². The fraction of sp³-hybridized carbons (Fsp3) is 0.263. The van der Waals surface area contributed by atoms with E-state index in [1.807, 2.05) is 0 Å². The van der Waals surface area contributed by atoms with Crippen molar-refractivity contribution in [2.75, 3.05) is 27.3 Å². The van der Waals surface area contributed by atoms with E-state index in [1.165, 1.54) is 14.2 Å². The zero-order chi connectivity index (χ0) is 20.7. The number of ether oxygens (including phenoxy) is 2. The highest BCUT2D eigenvalue weighted by Crippen LogP contribution is 2.29. The molecule has 0 saturated heterocycles. The van der Waals surface area contributed by atoms with Crippen LogP contribution in [0.3, 0.4) is 0 Å². The Bertz CT molecular complexity index is 814. The number of hydrogen-bond acceptors (Lipinski definition) is 4. The molecule has 2 aromatic carbocycles. The molecule has 2 amide bonds. The van der Waals surface area contributed by atoms with Crippen molar-refractivity contribution in [2.24, 2.45) is 0 Å². The van der Waals surface area contributed by atoms with E-state index < -0.39 is 23.6 Å². The molecule has 2 N–H and O–H groups in total. The Morgan fingerprint density at radius 3 is 1.82 bits per heavy atom. The van der Waals surface area contributed by atoms with E-state index in [0.717, 1.165) is 24.3 Å². The Hall–Kier alpha value is -3.23. The van der Waals surface area contributed by atoms with Gasteiger partial charge >= 0.3 is 6.18 Å². The molecule has 0 aliphatic rings. The lowest BCUT2D eigenvalue weighted by molar-refractivity contribution is -0.137. The van der Waals surface area contributed by atoms with Gasteiger partial charge in [0.05, 0.1) is 19.8 Å². The van der Waals surface area contributed by atoms with Crippen molar-refractivity contribution in [3.8, 4) is 11.5 Å². The first-order chi connectivity index (χ1) is 13.3. The number of rotatable bonds is 7. The van der Waals surface area contributed by atoms with E-state index in [2.05, 4.69) is 10.6 Å². The van der Waals surface area contributed by atoms with Gasteiger partial charge in [-0.2, -0.15) is 13.2 Å². The first-order valence-corrected chi connectivity index (χ1v) is 8.22. The van der Waals surface area contributed by atoms with Gasteiger partial charge in [0.1, 0.15) is 17.1 Å². The zero-order valence-electron chi connectivity index (χ0n) is 15.2. The number of halogens is 3. The molecule has 0 atom stereocenters. The summed E-state index contributed by atoms with van der Waals surface area (Å²) in [7, 11) is 2.85. The molecule has 9 heteroatoms. The van der Waals surface area contributed by atoms with E-state index in [1.54, 1.807) is 18.2 Å². The largest absolute Gasteiger partial charge is 0.496 e. The summed E-state index contributed by atoms with van der Waals surface area (Å²) in [5, 5.41) is 5.15. The lowest BCUT2D eigenvalue weighted by Crippen LogP contribution is -2.35. The molecule has 0 radical (unpaired) electrons. The lowest BCUT2D eigenvalue weighted by atomic mass is 10.1. The minimum atomic E-state index is -4.46. The van der Waals surface area contributed by atoms with Gasteiger partial charge < -0.3 is 20.1 Å². The van der Waals surface area contributed by atoms with Gasteiger partial charge in [-0.3, -0.25) is 9.59 Å². The third kappa shape index (κ3) is 5.15. The molecule has 0 heterocycles. The summed E-state index contributed by atoms with van der Waals surface area (Å²) in [4.78, 5) is 24.3. The Morgan fingerprint density at radius 2 is 1.36 bits per heavy atom. The second kappa shape index (κ2) is 9.12. The highest BCUT2D eigenvalue weighted by Gasteiger charge is 2.30. The van der Waals surface area contributed by atoms with E-state index in [9.17, 15) is 22.8 Å². The van der Waals surface area contributed by atoms with Crippen LogP contribution in [-0.2, 0) is 6.18 Å². The molecule has 0 saturated carbocycles. The molecule has 2 rings (SSSR count). The van der Waals surface area contributed by atoms with Crippen molar-refractivity contribution in [1.29, 1.82) is 0 Å². The van der Waals surface area contributed by atoms with Crippen molar-refractivity contribution in [2.45, 2.75) is 6.18 Å². The molecule has 0 aromatic heterocycles. The molecule has 0 unspecified atom stereocenters. The van der Waals surface area contributed by atoms with Crippen molar-refractivity contribution in [1.82, 2.24) is 10.6 Å². The first-order valence-electron chi connectivity index (χ1n) is 8.22. The summed E-state index contributed by atoms with van der Waals surface area (Å²) in [6.45, 7) is 0.190. The molecule has 0 aliphatic heterocycles. The van der Waals surface area contributed by atoms with Crippen LogP contribution in [0, 0.1) is 0 Å². The number of methoxy groups -OCH3 is 2. The molecule has 0 spiro atoms. The van der Waals surface area contributed by atoms with Crippen LogP contribution in [0.2, 0.25) is 0 Å². The minimum absolute atomic E-state index is 0.0864. The number of alkyl halides is 3. The topological polar surface area (TPSA) is 76.7 Å². The summed E-state index contributed by atoms with van der Waals surface area (Å²) in [5.41, 5.74) is -0.519. The minimum Gasteiger partial charge on any atom is -0.496 e. The van der Waals surface area contributed by atoms with Gasteiger partial charge in [0.2, 0.25) is 0 Å². The van der Waals surface area contributed by atoms with Crippen molar-refractivity contribution >= 4 is 11.8 Å². The molecule has 28 heavy (non-hydrogen) atoms. The second-order valence-corrected chi connectivity index (χ2v) is 5.62. The Balaban J connectivity index is 1.89. The Morgan fingerprint density at radius 1 is 0.857 bits per heavy atom. The van der Waals surface area contributed by atoms with E-state index in [4.69, 9.17) is 9.47 Å². The summed E-state index contributed by atoms with van der Waals surface area (Å²) < 4.78 is 47.9. The van der Waals surface area contributed by atoms with Crippen LogP contribution in [0.5, 0.6) is 11.5 Å². The summed E-state index contributed by atoms with van der Waals surface area (Å²) >= 11 is 0. The Labute approximate surface area is 159 Å². The van der Waals surface area contributed by atoms with Gasteiger partial charge in [0.25, 0.3) is 11.8 Å². The van der Waals surface area contributed by atoms with Crippen molar-refractivity contribution in [3.05, 3.63) is 59.2 Å². The number of hydrogen-bond donors (Lipinski definition) is 2. The highest BCUT2D eigenvalue weighted by atomic mass is 19.4. The smallest absolute Gasteiger partial charge is 0.416 e. The standard InChI is InChI=1S/C19H19F3N2O4/c1-27-14-4-3-5-15(28-2)16(14)18(26)24-11-10-23-17(25)12-6-8-13(9-7-12)19(20,21)22/h3-9H,10-11H2,1-2H3,(H,23,25)(H,24,26). The lowest BCUT2D eigenvalue weighted by Gasteiger charge is -2.13. The summed E-state index contributed by atoms with van der Waals surface area (Å²) in [6.07, 6.45) is -4.46. The van der Waals surface area contributed by atoms with Gasteiger partial charge in [-0.1, -0.05) is 6.07 Å². The molecule has 0 fully saturated rings. The normalized spacial score (nSPS) is 10.9. The number of carbonyl (C=O) groups is 2. The van der Waals surface area contributed by atoms with E-state index >= 15 is 0 Å². The molecule has 150 valence electrons. The fourth-order valence-corrected chi connectivity index (χ4v) is 2.43. The van der Waals surface area contributed by atoms with Crippen LogP contribution in [-0.4, -0.2) is 39.1 Å². The monoisotopic (exact) mass is 396 g/mol. The number of amides is 2. The first kappa shape index (κ1) is 21.1. The van der Waals surface area contributed by atoms with E-state index in [-0.39, 0.29) is 24.2 Å². The third-order valence-electron chi connectivity index (χ3n) is 3.83. The molecule has 0 bridgehead atoms. The number of benzene rings is 2. The fourth-order valence-electron chi connectivity index (χ4n) is 2.43. The highest BCUT2D eigenvalue weighted by molar-refractivity contribution is 5.99. The van der Waals surface area contributed by atoms with Crippen LogP contribution >= 0.6 is 0 Å². The molecule has 6 nitrogen and oxygen atoms in total. The average molecular weight is 396 g/mol. The summed E-state index contributed by atoms with van der Waals surface area (Å²) in [6, 6.07) is 8.77. The predicted molar refractivity (Wildman–Crippen MR) is 95.7 cm³/mol. The van der Waals surface area contributed by atoms with Crippen LogP contribution in [0.15, 0.2) is 42.5 Å². The van der Waals surface area contributed by atoms with Crippen LogP contribution in [0.4, 0.5) is 13.2 Å². The molecule has 2 aromatic rings. The maximum Gasteiger partial charge on any atom is 0.416 e. The van der Waals surface area contributed by atoms with Crippen LogP contribution < -0.4 is 20.1 Å². The Kier molecular flexibility index (Phi) is 6.86. The van der Waals surface area contributed by atoms with Gasteiger partial charge in [-0.05, 0) is 36.4 Å². The van der Waals surface area contributed by atoms with Crippen molar-refractivity contribution < 1.29 is 32.2 Å². The summed E-state index contributed by atoms with van der Waals surface area (Å²) in [5.74, 6) is -0.313. The van der Waals surface area contributed by atoms with Gasteiger partial charge in [-0.25, -0.2) is 0 Å². The average Bonchev–Trinajstić information content (AvgIpc) is 2.69. The van der Waals surface area contributed by atoms with Gasteiger partial charge in [-0.15, -0.1) is 0 Å². The number of carbonyl (C=O) groups excluding carboxylic acids is 2. The predicted octanol–water partition coefficient (Wildman–Crippen LogP) is 2.88. The quantitative estimate of drug-likeness (QED) is 0.706. The van der Waals surface area contributed by atoms with Gasteiger partial charge in [0.15, 0.2) is 0 Å². The van der Waals surface area contributed by atoms with Gasteiger partial charge in [0, 0.05) is 18.7 Å².